The lowest BCUT2D eigenvalue weighted by Gasteiger charge is -2.26. The molecule has 82 valence electrons. The van der Waals surface area contributed by atoms with Crippen LogP contribution < -0.4 is 5.73 Å². The van der Waals surface area contributed by atoms with E-state index in [9.17, 15) is 8.78 Å². The van der Waals surface area contributed by atoms with Gasteiger partial charge in [-0.15, -0.1) is 0 Å². The lowest BCUT2D eigenvalue weighted by molar-refractivity contribution is -0.0762. The number of halogens is 2. The number of hydrogen-bond donors (Lipinski definition) is 1. The van der Waals surface area contributed by atoms with Crippen LogP contribution in [0.15, 0.2) is 24.3 Å². The maximum Gasteiger partial charge on any atom is 0.279 e. The van der Waals surface area contributed by atoms with E-state index < -0.39 is 11.3 Å². The molecule has 1 aromatic rings. The molecule has 0 heterocycles. The smallest absolute Gasteiger partial charge is 0.279 e. The molecule has 1 aromatic carbocycles. The molecule has 1 aliphatic carbocycles. The van der Waals surface area contributed by atoms with Gasteiger partial charge in [0.25, 0.3) is 5.92 Å². The van der Waals surface area contributed by atoms with Crippen molar-refractivity contribution in [2.24, 2.45) is 11.1 Å². The molecule has 0 aliphatic heterocycles. The molecule has 1 saturated carbocycles. The molecule has 0 saturated heterocycles. The lowest BCUT2D eigenvalue weighted by atomic mass is 9.91. The van der Waals surface area contributed by atoms with Gasteiger partial charge in [-0.2, -0.15) is 0 Å². The summed E-state index contributed by atoms with van der Waals surface area (Å²) in [6.07, 6.45) is 1.06. The van der Waals surface area contributed by atoms with E-state index in [1.165, 1.54) is 6.07 Å². The average molecular weight is 211 g/mol. The topological polar surface area (TPSA) is 26.0 Å². The second-order valence-electron chi connectivity index (χ2n) is 4.43. The van der Waals surface area contributed by atoms with Gasteiger partial charge in [0.1, 0.15) is 0 Å². The van der Waals surface area contributed by atoms with Crippen LogP contribution in [0.4, 0.5) is 8.78 Å². The minimum absolute atomic E-state index is 0.0634. The molecular weight excluding hydrogens is 196 g/mol. The van der Waals surface area contributed by atoms with Crippen LogP contribution in [0.2, 0.25) is 0 Å². The van der Waals surface area contributed by atoms with Crippen LogP contribution in [0, 0.1) is 12.3 Å². The van der Waals surface area contributed by atoms with Gasteiger partial charge in [0.2, 0.25) is 0 Å². The van der Waals surface area contributed by atoms with Crippen LogP contribution in [0.1, 0.15) is 24.0 Å². The highest BCUT2D eigenvalue weighted by molar-refractivity contribution is 5.29. The molecule has 0 amide bonds. The van der Waals surface area contributed by atoms with Crippen LogP contribution >= 0.6 is 0 Å². The van der Waals surface area contributed by atoms with Crippen LogP contribution in [0.25, 0.3) is 0 Å². The van der Waals surface area contributed by atoms with E-state index in [0.29, 0.717) is 12.8 Å². The highest BCUT2D eigenvalue weighted by Crippen LogP contribution is 2.60. The van der Waals surface area contributed by atoms with Gasteiger partial charge in [-0.3, -0.25) is 0 Å². The van der Waals surface area contributed by atoms with Gasteiger partial charge in [-0.05, 0) is 19.8 Å². The highest BCUT2D eigenvalue weighted by Gasteiger charge is 2.61. The van der Waals surface area contributed by atoms with Crippen LogP contribution in [-0.2, 0) is 5.92 Å². The van der Waals surface area contributed by atoms with E-state index in [0.717, 1.165) is 5.56 Å². The fourth-order valence-corrected chi connectivity index (χ4v) is 1.94. The van der Waals surface area contributed by atoms with Crippen molar-refractivity contribution in [2.75, 3.05) is 6.54 Å². The van der Waals surface area contributed by atoms with E-state index in [-0.39, 0.29) is 12.1 Å². The first-order valence-electron chi connectivity index (χ1n) is 5.17. The zero-order valence-electron chi connectivity index (χ0n) is 8.76. The third-order valence-corrected chi connectivity index (χ3v) is 3.29. The molecule has 15 heavy (non-hydrogen) atoms. The molecule has 3 heteroatoms. The zero-order valence-corrected chi connectivity index (χ0v) is 8.76. The molecule has 0 bridgehead atoms. The van der Waals surface area contributed by atoms with Gasteiger partial charge in [0, 0.05) is 12.1 Å². The monoisotopic (exact) mass is 211 g/mol. The molecule has 1 fully saturated rings. The minimum atomic E-state index is -2.78. The molecular formula is C12H15F2N. The van der Waals surface area contributed by atoms with Crippen molar-refractivity contribution < 1.29 is 8.78 Å². The van der Waals surface area contributed by atoms with E-state index in [4.69, 9.17) is 5.73 Å². The summed E-state index contributed by atoms with van der Waals surface area (Å²) in [4.78, 5) is 0. The first-order valence-corrected chi connectivity index (χ1v) is 5.17. The maximum atomic E-state index is 14.1. The van der Waals surface area contributed by atoms with Crippen molar-refractivity contribution >= 4 is 0 Å². The Morgan fingerprint density at radius 2 is 2.07 bits per heavy atom. The normalized spacial score (nSPS) is 18.9. The summed E-state index contributed by atoms with van der Waals surface area (Å²) in [5.74, 6) is -2.78. The van der Waals surface area contributed by atoms with Crippen LogP contribution in [0.5, 0.6) is 0 Å². The third-order valence-electron chi connectivity index (χ3n) is 3.29. The average Bonchev–Trinajstić information content (AvgIpc) is 2.98. The van der Waals surface area contributed by atoms with Gasteiger partial charge in [-0.25, -0.2) is 8.78 Å². The number of alkyl halides is 2. The standard InChI is InChI=1S/C12H15F2N/c1-9-3-2-4-10(7-9)12(13,14)11(8-15)5-6-11/h2-4,7H,5-6,8,15H2,1H3. The molecule has 2 N–H and O–H groups in total. The molecule has 1 nitrogen and oxygen atoms in total. The van der Waals surface area contributed by atoms with E-state index >= 15 is 0 Å². The predicted octanol–water partition coefficient (Wildman–Crippen LogP) is 2.83. The maximum absolute atomic E-state index is 14.1. The number of aryl methyl sites for hydroxylation is 1. The molecule has 0 radical (unpaired) electrons. The number of rotatable bonds is 3. The zero-order chi connectivity index (χ0) is 11.1. The number of benzene rings is 1. The second-order valence-corrected chi connectivity index (χ2v) is 4.43. The predicted molar refractivity (Wildman–Crippen MR) is 55.8 cm³/mol. The summed E-state index contributed by atoms with van der Waals surface area (Å²) < 4.78 is 28.2. The minimum Gasteiger partial charge on any atom is -0.330 e. The van der Waals surface area contributed by atoms with Gasteiger partial charge in [-0.1, -0.05) is 29.8 Å². The second kappa shape index (κ2) is 3.27. The molecule has 0 spiro atoms. The third kappa shape index (κ3) is 1.55. The number of hydrogen-bond acceptors (Lipinski definition) is 1. The summed E-state index contributed by atoms with van der Waals surface area (Å²) in [5.41, 5.74) is 5.44. The van der Waals surface area contributed by atoms with Crippen LogP contribution in [0.3, 0.4) is 0 Å². The van der Waals surface area contributed by atoms with Crippen molar-refractivity contribution in [2.45, 2.75) is 25.7 Å². The number of nitrogens with two attached hydrogens (primary N) is 1. The van der Waals surface area contributed by atoms with Gasteiger partial charge in [0.05, 0.1) is 5.41 Å². The van der Waals surface area contributed by atoms with Crippen molar-refractivity contribution in [1.82, 2.24) is 0 Å². The Bertz CT molecular complexity index is 370. The Hall–Kier alpha value is -0.960. The van der Waals surface area contributed by atoms with E-state index in [2.05, 4.69) is 0 Å². The Labute approximate surface area is 88.3 Å². The molecule has 0 atom stereocenters. The van der Waals surface area contributed by atoms with Crippen molar-refractivity contribution in [3.8, 4) is 0 Å². The summed E-state index contributed by atoms with van der Waals surface area (Å²) in [7, 11) is 0. The summed E-state index contributed by atoms with van der Waals surface area (Å²) in [5, 5.41) is 0. The van der Waals surface area contributed by atoms with Gasteiger partial charge >= 0.3 is 0 Å². The quantitative estimate of drug-likeness (QED) is 0.817. The lowest BCUT2D eigenvalue weighted by Crippen LogP contribution is -2.33. The van der Waals surface area contributed by atoms with Crippen molar-refractivity contribution in [1.29, 1.82) is 0 Å². The van der Waals surface area contributed by atoms with E-state index in [1.807, 2.05) is 13.0 Å². The Morgan fingerprint density at radius 1 is 1.40 bits per heavy atom. The van der Waals surface area contributed by atoms with Gasteiger partial charge < -0.3 is 5.73 Å². The first-order chi connectivity index (χ1) is 7.02. The first kappa shape index (κ1) is 10.6. The van der Waals surface area contributed by atoms with Crippen LogP contribution in [-0.4, -0.2) is 6.54 Å². The Kier molecular flexibility index (Phi) is 2.30. The van der Waals surface area contributed by atoms with Crippen molar-refractivity contribution in [3.05, 3.63) is 35.4 Å². The molecule has 2 rings (SSSR count). The molecule has 1 aliphatic rings. The van der Waals surface area contributed by atoms with Crippen molar-refractivity contribution in [3.63, 3.8) is 0 Å². The fourth-order valence-electron chi connectivity index (χ4n) is 1.94. The van der Waals surface area contributed by atoms with Gasteiger partial charge in [0.15, 0.2) is 0 Å². The summed E-state index contributed by atoms with van der Waals surface area (Å²) in [6, 6.07) is 6.53. The molecule has 0 unspecified atom stereocenters. The SMILES string of the molecule is Cc1cccc(C(F)(F)C2(CN)CC2)c1. The highest BCUT2D eigenvalue weighted by atomic mass is 19.3. The fraction of sp³-hybridized carbons (Fsp3) is 0.500. The molecule has 0 aromatic heterocycles. The van der Waals surface area contributed by atoms with E-state index in [1.54, 1.807) is 12.1 Å². The largest absolute Gasteiger partial charge is 0.330 e. The Morgan fingerprint density at radius 3 is 2.53 bits per heavy atom. The summed E-state index contributed by atoms with van der Waals surface area (Å²) >= 11 is 0. The summed E-state index contributed by atoms with van der Waals surface area (Å²) in [6.45, 7) is 1.88. The Balaban J connectivity index is 2.37.